The highest BCUT2D eigenvalue weighted by Gasteiger charge is 2.17. The van der Waals surface area contributed by atoms with E-state index in [4.69, 9.17) is 0 Å². The molecular weight excluding hydrogens is 244 g/mol. The lowest BCUT2D eigenvalue weighted by molar-refractivity contribution is -0.385. The fraction of sp³-hybridized carbons (Fsp3) is 0.615. The summed E-state index contributed by atoms with van der Waals surface area (Å²) in [5.41, 5.74) is 0.728. The Kier molecular flexibility index (Phi) is 4.31. The lowest BCUT2D eigenvalue weighted by Gasteiger charge is -2.28. The second-order valence-corrected chi connectivity index (χ2v) is 5.11. The quantitative estimate of drug-likeness (QED) is 0.664. The summed E-state index contributed by atoms with van der Waals surface area (Å²) in [4.78, 5) is 16.6. The third-order valence-corrected chi connectivity index (χ3v) is 3.56. The van der Waals surface area contributed by atoms with Crippen molar-refractivity contribution in [3.8, 4) is 0 Å². The largest absolute Gasteiger partial charge is 0.358 e. The first kappa shape index (κ1) is 13.7. The van der Waals surface area contributed by atoms with Crippen molar-refractivity contribution in [1.29, 1.82) is 0 Å². The zero-order valence-electron chi connectivity index (χ0n) is 11.4. The number of aromatic nitrogens is 1. The van der Waals surface area contributed by atoms with Crippen molar-refractivity contribution in [2.24, 2.45) is 0 Å². The van der Waals surface area contributed by atoms with Crippen LogP contribution in [-0.2, 0) is 0 Å². The maximum Gasteiger partial charge on any atom is 0.290 e. The Morgan fingerprint density at radius 1 is 1.58 bits per heavy atom. The molecule has 2 rings (SSSR count). The molecule has 0 amide bonds. The first-order chi connectivity index (χ1) is 9.08. The molecule has 1 aliphatic rings. The van der Waals surface area contributed by atoms with Gasteiger partial charge in [-0.2, -0.15) is 0 Å². The minimum atomic E-state index is -0.394. The zero-order chi connectivity index (χ0) is 13.8. The van der Waals surface area contributed by atoms with E-state index in [0.717, 1.165) is 18.9 Å². The maximum atomic E-state index is 10.8. The van der Waals surface area contributed by atoms with Gasteiger partial charge in [-0.15, -0.1) is 0 Å². The van der Waals surface area contributed by atoms with Crippen molar-refractivity contribution in [1.82, 2.24) is 10.3 Å². The molecule has 0 spiro atoms. The van der Waals surface area contributed by atoms with Crippen LogP contribution in [0.1, 0.15) is 24.8 Å². The van der Waals surface area contributed by atoms with Crippen molar-refractivity contribution in [3.05, 3.63) is 27.9 Å². The van der Waals surface area contributed by atoms with Crippen LogP contribution in [0.2, 0.25) is 0 Å². The van der Waals surface area contributed by atoms with Gasteiger partial charge in [0.05, 0.1) is 4.92 Å². The Labute approximate surface area is 113 Å². The Morgan fingerprint density at radius 2 is 2.37 bits per heavy atom. The predicted octanol–water partition coefficient (Wildman–Crippen LogP) is 1.88. The Morgan fingerprint density at radius 3 is 2.95 bits per heavy atom. The van der Waals surface area contributed by atoms with E-state index in [1.807, 2.05) is 7.05 Å². The van der Waals surface area contributed by atoms with E-state index in [0.29, 0.717) is 11.6 Å². The van der Waals surface area contributed by atoms with Crippen LogP contribution in [0.5, 0.6) is 0 Å². The molecule has 1 atom stereocenters. The summed E-state index contributed by atoms with van der Waals surface area (Å²) in [7, 11) is 1.98. The number of nitrogens with zero attached hydrogens (tertiary/aromatic N) is 3. The summed E-state index contributed by atoms with van der Waals surface area (Å²) >= 11 is 0. The van der Waals surface area contributed by atoms with Crippen LogP contribution in [0.15, 0.2) is 12.3 Å². The van der Waals surface area contributed by atoms with Crippen molar-refractivity contribution >= 4 is 11.5 Å². The summed E-state index contributed by atoms with van der Waals surface area (Å²) < 4.78 is 0. The third-order valence-electron chi connectivity index (χ3n) is 3.56. The van der Waals surface area contributed by atoms with Gasteiger partial charge in [0.1, 0.15) is 12.0 Å². The van der Waals surface area contributed by atoms with Gasteiger partial charge in [0.2, 0.25) is 0 Å². The lowest BCUT2D eigenvalue weighted by atomic mass is 10.0. The first-order valence-corrected chi connectivity index (χ1v) is 6.63. The van der Waals surface area contributed by atoms with Crippen LogP contribution in [0.3, 0.4) is 0 Å². The number of rotatable bonds is 4. The van der Waals surface area contributed by atoms with Crippen LogP contribution in [0, 0.1) is 17.0 Å². The second kappa shape index (κ2) is 5.97. The van der Waals surface area contributed by atoms with Crippen molar-refractivity contribution in [2.75, 3.05) is 25.0 Å². The van der Waals surface area contributed by atoms with Gasteiger partial charge in [-0.25, -0.2) is 4.98 Å². The molecule has 1 fully saturated rings. The summed E-state index contributed by atoms with van der Waals surface area (Å²) in [6, 6.07) is 2.26. The van der Waals surface area contributed by atoms with E-state index in [2.05, 4.69) is 15.2 Å². The minimum absolute atomic E-state index is 0.0768. The average Bonchev–Trinajstić information content (AvgIpc) is 2.39. The lowest BCUT2D eigenvalue weighted by Crippen LogP contribution is -2.42. The second-order valence-electron chi connectivity index (χ2n) is 5.11. The number of likely N-dealkylation sites (N-methyl/N-ethyl adjacent to an activating group) is 1. The molecule has 1 aromatic rings. The highest BCUT2D eigenvalue weighted by molar-refractivity contribution is 5.48. The van der Waals surface area contributed by atoms with E-state index in [9.17, 15) is 10.1 Å². The van der Waals surface area contributed by atoms with Gasteiger partial charge in [0, 0.05) is 25.2 Å². The van der Waals surface area contributed by atoms with Gasteiger partial charge in [-0.3, -0.25) is 10.1 Å². The molecule has 104 valence electrons. The summed E-state index contributed by atoms with van der Waals surface area (Å²) in [5, 5.41) is 14.2. The predicted molar refractivity (Wildman–Crippen MR) is 74.5 cm³/mol. The molecule has 2 heterocycles. The summed E-state index contributed by atoms with van der Waals surface area (Å²) in [6.07, 6.45) is 5.03. The molecule has 0 saturated carbocycles. The molecule has 0 bridgehead atoms. The topological polar surface area (TPSA) is 71.3 Å². The van der Waals surface area contributed by atoms with Gasteiger partial charge < -0.3 is 10.2 Å². The van der Waals surface area contributed by atoms with Crippen molar-refractivity contribution in [3.63, 3.8) is 0 Å². The third kappa shape index (κ3) is 3.41. The minimum Gasteiger partial charge on any atom is -0.358 e. The molecule has 0 radical (unpaired) electrons. The molecule has 0 aliphatic carbocycles. The van der Waals surface area contributed by atoms with Gasteiger partial charge in [-0.1, -0.05) is 6.42 Å². The molecular formula is C13H20N4O2. The van der Waals surface area contributed by atoms with Crippen LogP contribution in [0.25, 0.3) is 0 Å². The SMILES string of the molecule is Cc1cc(N(C)CC2CCCCN2)ncc1[N+](=O)[O-]. The number of nitro groups is 1. The van der Waals surface area contributed by atoms with E-state index < -0.39 is 4.92 Å². The average molecular weight is 264 g/mol. The molecule has 1 saturated heterocycles. The number of anilines is 1. The normalized spacial score (nSPS) is 19.2. The summed E-state index contributed by atoms with van der Waals surface area (Å²) in [6.45, 7) is 3.70. The standard InChI is InChI=1S/C13H20N4O2/c1-10-7-13(15-8-12(10)17(18)19)16(2)9-11-5-3-4-6-14-11/h7-8,11,14H,3-6,9H2,1-2H3. The first-order valence-electron chi connectivity index (χ1n) is 6.63. The van der Waals surface area contributed by atoms with Crippen molar-refractivity contribution < 1.29 is 4.92 Å². The van der Waals surface area contributed by atoms with Crippen LogP contribution in [-0.4, -0.2) is 36.1 Å². The molecule has 1 N–H and O–H groups in total. The van der Waals surface area contributed by atoms with Gasteiger partial charge in [0.25, 0.3) is 5.69 Å². The fourth-order valence-electron chi connectivity index (χ4n) is 2.44. The number of piperidine rings is 1. The Balaban J connectivity index is 2.04. The number of pyridine rings is 1. The Hall–Kier alpha value is -1.69. The maximum absolute atomic E-state index is 10.8. The highest BCUT2D eigenvalue weighted by Crippen LogP contribution is 2.21. The van der Waals surface area contributed by atoms with Gasteiger partial charge in [0.15, 0.2) is 0 Å². The molecule has 0 aromatic carbocycles. The monoisotopic (exact) mass is 264 g/mol. The number of nitrogens with one attached hydrogen (secondary N) is 1. The molecule has 6 heteroatoms. The molecule has 6 nitrogen and oxygen atoms in total. The number of hydrogen-bond donors (Lipinski definition) is 1. The van der Waals surface area contributed by atoms with Gasteiger partial charge in [-0.05, 0) is 32.4 Å². The zero-order valence-corrected chi connectivity index (χ0v) is 11.4. The van der Waals surface area contributed by atoms with E-state index in [1.54, 1.807) is 13.0 Å². The molecule has 1 aromatic heterocycles. The highest BCUT2D eigenvalue weighted by atomic mass is 16.6. The molecule has 19 heavy (non-hydrogen) atoms. The van der Waals surface area contributed by atoms with Crippen molar-refractivity contribution in [2.45, 2.75) is 32.2 Å². The molecule has 1 unspecified atom stereocenters. The number of aryl methyl sites for hydroxylation is 1. The van der Waals surface area contributed by atoms with E-state index in [-0.39, 0.29) is 5.69 Å². The van der Waals surface area contributed by atoms with Crippen LogP contribution < -0.4 is 10.2 Å². The smallest absolute Gasteiger partial charge is 0.290 e. The Bertz CT molecular complexity index is 458. The number of hydrogen-bond acceptors (Lipinski definition) is 5. The van der Waals surface area contributed by atoms with Gasteiger partial charge >= 0.3 is 0 Å². The van der Waals surface area contributed by atoms with E-state index in [1.165, 1.54) is 25.5 Å². The van der Waals surface area contributed by atoms with Crippen LogP contribution in [0.4, 0.5) is 11.5 Å². The van der Waals surface area contributed by atoms with Crippen LogP contribution >= 0.6 is 0 Å². The fourth-order valence-corrected chi connectivity index (χ4v) is 2.44. The molecule has 1 aliphatic heterocycles. The van der Waals surface area contributed by atoms with E-state index >= 15 is 0 Å². The summed E-state index contributed by atoms with van der Waals surface area (Å²) in [5.74, 6) is 0.787.